The van der Waals surface area contributed by atoms with Crippen molar-refractivity contribution in [2.24, 2.45) is 5.73 Å². The molecule has 2 aromatic carbocycles. The Kier molecular flexibility index (Phi) is 7.90. The van der Waals surface area contributed by atoms with Crippen molar-refractivity contribution in [2.75, 3.05) is 23.3 Å². The smallest absolute Gasteiger partial charge is 0.211 e. The number of aryl methyl sites for hydroxylation is 1. The lowest BCUT2D eigenvalue weighted by Gasteiger charge is -2.27. The van der Waals surface area contributed by atoms with Gasteiger partial charge < -0.3 is 20.9 Å². The van der Waals surface area contributed by atoms with Gasteiger partial charge in [0.15, 0.2) is 0 Å². The molecule has 0 atom stereocenters. The summed E-state index contributed by atoms with van der Waals surface area (Å²) in [6.45, 7) is 8.67. The third-order valence-corrected chi connectivity index (χ3v) is 5.72. The highest BCUT2D eigenvalue weighted by Crippen LogP contribution is 2.38. The Hall–Kier alpha value is -3.05. The van der Waals surface area contributed by atoms with E-state index in [9.17, 15) is 4.79 Å². The van der Waals surface area contributed by atoms with Crippen molar-refractivity contribution in [1.82, 2.24) is 4.98 Å². The minimum Gasteiger partial charge on any atom is -0.368 e. The Balaban J connectivity index is 2.13. The van der Waals surface area contributed by atoms with Gasteiger partial charge in [-0.2, -0.15) is 0 Å². The summed E-state index contributed by atoms with van der Waals surface area (Å²) in [6, 6.07) is 12.6. The maximum absolute atomic E-state index is 11.0. The number of anilines is 2. The number of aromatic amines is 1. The van der Waals surface area contributed by atoms with Gasteiger partial charge >= 0.3 is 0 Å². The Morgan fingerprint density at radius 1 is 1.16 bits per heavy atom. The minimum atomic E-state index is 0.463. The lowest BCUT2D eigenvalue weighted by atomic mass is 9.94. The van der Waals surface area contributed by atoms with E-state index in [0.29, 0.717) is 13.0 Å². The van der Waals surface area contributed by atoms with E-state index in [-0.39, 0.29) is 0 Å². The molecule has 5 heteroatoms. The van der Waals surface area contributed by atoms with Crippen molar-refractivity contribution < 1.29 is 4.79 Å². The maximum atomic E-state index is 11.0. The highest BCUT2D eigenvalue weighted by Gasteiger charge is 2.17. The zero-order chi connectivity index (χ0) is 22.2. The molecule has 3 rings (SSSR count). The molecule has 0 saturated heterocycles. The van der Waals surface area contributed by atoms with E-state index in [1.54, 1.807) is 0 Å². The molecule has 0 aliphatic heterocycles. The van der Waals surface area contributed by atoms with Gasteiger partial charge in [-0.05, 0) is 55.2 Å². The number of hydrogen-bond acceptors (Lipinski definition) is 3. The molecule has 164 valence electrons. The number of fused-ring (bicyclic) bond motifs is 1. The third-order valence-electron chi connectivity index (χ3n) is 5.72. The molecule has 4 N–H and O–H groups in total. The zero-order valence-corrected chi connectivity index (χ0v) is 18.9. The molecular formula is C26H34N4O. The fourth-order valence-electron chi connectivity index (χ4n) is 4.21. The van der Waals surface area contributed by atoms with E-state index in [1.807, 2.05) is 13.0 Å². The quantitative estimate of drug-likeness (QED) is 0.211. The molecule has 3 aromatic rings. The summed E-state index contributed by atoms with van der Waals surface area (Å²) in [6.07, 6.45) is 8.60. The summed E-state index contributed by atoms with van der Waals surface area (Å²) in [7, 11) is 0. The number of allylic oxidation sites excluding steroid dienone is 1. The topological polar surface area (TPSA) is 74.2 Å². The SMILES string of the molecule is C/C=C/CN(CCCCC)c1cccc(-c2ccc(NC=O)c3[nH]c(C)cc23)c1CN. The molecule has 0 spiro atoms. The first-order chi connectivity index (χ1) is 15.1. The Morgan fingerprint density at radius 2 is 2.00 bits per heavy atom. The average Bonchev–Trinajstić information content (AvgIpc) is 3.18. The number of hydrogen-bond donors (Lipinski definition) is 3. The fourth-order valence-corrected chi connectivity index (χ4v) is 4.21. The van der Waals surface area contributed by atoms with E-state index in [0.717, 1.165) is 58.5 Å². The molecule has 0 bridgehead atoms. The van der Waals surface area contributed by atoms with Crippen LogP contribution in [0.5, 0.6) is 0 Å². The molecule has 0 unspecified atom stereocenters. The highest BCUT2D eigenvalue weighted by molar-refractivity contribution is 6.04. The molecule has 1 amide bonds. The molecule has 0 fully saturated rings. The second kappa shape index (κ2) is 10.8. The van der Waals surface area contributed by atoms with Crippen molar-refractivity contribution in [2.45, 2.75) is 46.6 Å². The van der Waals surface area contributed by atoms with Crippen LogP contribution in [0.2, 0.25) is 0 Å². The molecule has 0 aliphatic carbocycles. The van der Waals surface area contributed by atoms with Gasteiger partial charge in [-0.25, -0.2) is 0 Å². The number of nitrogens with one attached hydrogen (secondary N) is 2. The second-order valence-electron chi connectivity index (χ2n) is 7.89. The van der Waals surface area contributed by atoms with Gasteiger partial charge in [0, 0.05) is 36.4 Å². The Labute approximate surface area is 185 Å². The molecule has 31 heavy (non-hydrogen) atoms. The summed E-state index contributed by atoms with van der Waals surface area (Å²) in [5, 5.41) is 3.89. The van der Waals surface area contributed by atoms with Crippen LogP contribution in [0.3, 0.4) is 0 Å². The van der Waals surface area contributed by atoms with Crippen LogP contribution >= 0.6 is 0 Å². The van der Waals surface area contributed by atoms with Crippen molar-refractivity contribution >= 4 is 28.7 Å². The van der Waals surface area contributed by atoms with Crippen molar-refractivity contribution in [3.63, 3.8) is 0 Å². The first kappa shape index (κ1) is 22.6. The number of aromatic nitrogens is 1. The summed E-state index contributed by atoms with van der Waals surface area (Å²) in [4.78, 5) is 16.9. The molecular weight excluding hydrogens is 384 g/mol. The summed E-state index contributed by atoms with van der Waals surface area (Å²) in [5.41, 5.74) is 13.7. The lowest BCUT2D eigenvalue weighted by Crippen LogP contribution is -2.26. The van der Waals surface area contributed by atoms with Crippen molar-refractivity contribution in [1.29, 1.82) is 0 Å². The first-order valence-corrected chi connectivity index (χ1v) is 11.2. The summed E-state index contributed by atoms with van der Waals surface area (Å²) >= 11 is 0. The molecule has 1 aromatic heterocycles. The number of carbonyl (C=O) groups is 1. The number of amides is 1. The van der Waals surface area contributed by atoms with Gasteiger partial charge in [0.1, 0.15) is 0 Å². The van der Waals surface area contributed by atoms with E-state index in [1.165, 1.54) is 18.5 Å². The number of benzene rings is 2. The first-order valence-electron chi connectivity index (χ1n) is 11.2. The van der Waals surface area contributed by atoms with E-state index in [4.69, 9.17) is 5.73 Å². The van der Waals surface area contributed by atoms with Gasteiger partial charge in [-0.3, -0.25) is 4.79 Å². The minimum absolute atomic E-state index is 0.463. The van der Waals surface area contributed by atoms with E-state index >= 15 is 0 Å². The predicted molar refractivity (Wildman–Crippen MR) is 133 cm³/mol. The van der Waals surface area contributed by atoms with Gasteiger partial charge in [0.2, 0.25) is 6.41 Å². The third kappa shape index (κ3) is 5.00. The fraction of sp³-hybridized carbons (Fsp3) is 0.346. The normalized spacial score (nSPS) is 11.4. The monoisotopic (exact) mass is 418 g/mol. The molecule has 0 aliphatic rings. The van der Waals surface area contributed by atoms with Crippen LogP contribution in [-0.2, 0) is 11.3 Å². The lowest BCUT2D eigenvalue weighted by molar-refractivity contribution is -0.105. The largest absolute Gasteiger partial charge is 0.368 e. The average molecular weight is 419 g/mol. The van der Waals surface area contributed by atoms with Crippen LogP contribution in [0.15, 0.2) is 48.6 Å². The van der Waals surface area contributed by atoms with Gasteiger partial charge in [0.25, 0.3) is 0 Å². The van der Waals surface area contributed by atoms with Crippen LogP contribution < -0.4 is 16.0 Å². The zero-order valence-electron chi connectivity index (χ0n) is 18.9. The molecule has 5 nitrogen and oxygen atoms in total. The van der Waals surface area contributed by atoms with Crippen LogP contribution in [0.1, 0.15) is 44.4 Å². The number of nitrogens with two attached hydrogens (primary N) is 1. The Bertz CT molecular complexity index is 1050. The predicted octanol–water partition coefficient (Wildman–Crippen LogP) is 5.74. The Morgan fingerprint density at radius 3 is 2.71 bits per heavy atom. The maximum Gasteiger partial charge on any atom is 0.211 e. The standard InChI is InChI=1S/C26H34N4O/c1-4-6-8-15-30(14-7-5-2)25-11-9-10-20(23(25)17-27)21-12-13-24(28-18-31)26-22(21)16-19(3)29-26/h5,7,9-13,16,18,29H,4,6,8,14-15,17,27H2,1-3H3,(H,28,31)/b7-5+. The number of nitrogens with zero attached hydrogens (tertiary/aromatic N) is 1. The summed E-state index contributed by atoms with van der Waals surface area (Å²) in [5.74, 6) is 0. The second-order valence-corrected chi connectivity index (χ2v) is 7.89. The van der Waals surface area contributed by atoms with Gasteiger partial charge in [0.05, 0.1) is 11.2 Å². The van der Waals surface area contributed by atoms with Crippen LogP contribution in [0, 0.1) is 6.92 Å². The van der Waals surface area contributed by atoms with Gasteiger partial charge in [-0.15, -0.1) is 0 Å². The molecule has 0 saturated carbocycles. The molecule has 0 radical (unpaired) electrons. The number of unbranched alkanes of at least 4 members (excludes halogenated alkanes) is 2. The van der Waals surface area contributed by atoms with Crippen molar-refractivity contribution in [3.05, 3.63) is 59.8 Å². The highest BCUT2D eigenvalue weighted by atomic mass is 16.1. The van der Waals surface area contributed by atoms with E-state index in [2.05, 4.69) is 71.5 Å². The van der Waals surface area contributed by atoms with Crippen LogP contribution in [0.25, 0.3) is 22.0 Å². The summed E-state index contributed by atoms with van der Waals surface area (Å²) < 4.78 is 0. The van der Waals surface area contributed by atoms with E-state index < -0.39 is 0 Å². The molecule has 1 heterocycles. The van der Waals surface area contributed by atoms with Crippen molar-refractivity contribution in [3.8, 4) is 11.1 Å². The number of carbonyl (C=O) groups excluding carboxylic acids is 1. The number of H-pyrrole nitrogens is 1. The van der Waals surface area contributed by atoms with Gasteiger partial charge in [-0.1, -0.05) is 50.1 Å². The number of rotatable bonds is 11. The van der Waals surface area contributed by atoms with Crippen LogP contribution in [-0.4, -0.2) is 24.5 Å². The van der Waals surface area contributed by atoms with Crippen LogP contribution in [0.4, 0.5) is 11.4 Å².